The Bertz CT molecular complexity index is 948. The summed E-state index contributed by atoms with van der Waals surface area (Å²) in [6.45, 7) is 5.79. The summed E-state index contributed by atoms with van der Waals surface area (Å²) in [6, 6.07) is 9.82. The minimum atomic E-state index is -0.158. The van der Waals surface area contributed by atoms with E-state index in [1.165, 1.54) is 0 Å². The lowest BCUT2D eigenvalue weighted by atomic mass is 10.2. The molecule has 4 rings (SSSR count). The number of hydrogen-bond acceptors (Lipinski definition) is 6. The molecule has 1 unspecified atom stereocenters. The van der Waals surface area contributed by atoms with Gasteiger partial charge in [-0.05, 0) is 12.5 Å². The molecule has 0 radical (unpaired) electrons. The highest BCUT2D eigenvalue weighted by molar-refractivity contribution is 5.86. The molecule has 3 aromatic rings. The fourth-order valence-electron chi connectivity index (χ4n) is 3.62. The average Bonchev–Trinajstić information content (AvgIpc) is 3.13. The number of benzene rings is 1. The number of aryl methyl sites for hydroxylation is 1. The van der Waals surface area contributed by atoms with E-state index in [1.807, 2.05) is 50.5 Å². The van der Waals surface area contributed by atoms with Gasteiger partial charge in [-0.15, -0.1) is 0 Å². The van der Waals surface area contributed by atoms with Crippen molar-refractivity contribution in [3.8, 4) is 0 Å². The number of hydrogen-bond donors (Lipinski definition) is 1. The Labute approximate surface area is 164 Å². The van der Waals surface area contributed by atoms with Gasteiger partial charge in [0.05, 0.1) is 17.6 Å². The molecule has 1 aromatic carbocycles. The van der Waals surface area contributed by atoms with Crippen LogP contribution in [0.15, 0.2) is 42.9 Å². The molecule has 0 spiro atoms. The van der Waals surface area contributed by atoms with E-state index in [1.54, 1.807) is 11.0 Å². The number of fused-ring (bicyclic) bond motifs is 1. The van der Waals surface area contributed by atoms with E-state index in [0.717, 1.165) is 48.6 Å². The Kier molecular flexibility index (Phi) is 5.21. The van der Waals surface area contributed by atoms with Crippen LogP contribution in [0.1, 0.15) is 12.5 Å². The molecule has 1 aliphatic rings. The van der Waals surface area contributed by atoms with Crippen LogP contribution < -0.4 is 10.2 Å². The van der Waals surface area contributed by atoms with E-state index in [2.05, 4.69) is 30.2 Å². The smallest absolute Gasteiger partial charge is 0.237 e. The Hall–Kier alpha value is -3.00. The van der Waals surface area contributed by atoms with Crippen molar-refractivity contribution in [1.82, 2.24) is 30.0 Å². The monoisotopic (exact) mass is 379 g/mol. The van der Waals surface area contributed by atoms with E-state index in [4.69, 9.17) is 0 Å². The van der Waals surface area contributed by atoms with E-state index >= 15 is 0 Å². The van der Waals surface area contributed by atoms with Crippen LogP contribution in [0.4, 0.5) is 5.82 Å². The number of nitrogens with zero attached hydrogens (tertiary/aromatic N) is 6. The van der Waals surface area contributed by atoms with Gasteiger partial charge in [0.2, 0.25) is 5.91 Å². The summed E-state index contributed by atoms with van der Waals surface area (Å²) in [7, 11) is 1.88. The molecular weight excluding hydrogens is 354 g/mol. The molecule has 1 N–H and O–H groups in total. The van der Waals surface area contributed by atoms with Gasteiger partial charge in [-0.1, -0.05) is 30.3 Å². The van der Waals surface area contributed by atoms with Crippen molar-refractivity contribution < 1.29 is 4.79 Å². The number of nitrogens with one attached hydrogen (secondary N) is 1. The third-order valence-corrected chi connectivity index (χ3v) is 5.36. The zero-order valence-electron chi connectivity index (χ0n) is 16.2. The highest BCUT2D eigenvalue weighted by atomic mass is 16.2. The predicted molar refractivity (Wildman–Crippen MR) is 108 cm³/mol. The van der Waals surface area contributed by atoms with Gasteiger partial charge in [-0.3, -0.25) is 14.4 Å². The van der Waals surface area contributed by atoms with Crippen LogP contribution in [0.5, 0.6) is 0 Å². The summed E-state index contributed by atoms with van der Waals surface area (Å²) in [6.07, 6.45) is 3.40. The molecule has 3 heterocycles. The second-order valence-corrected chi connectivity index (χ2v) is 7.11. The minimum Gasteiger partial charge on any atom is -0.353 e. The molecule has 1 amide bonds. The first-order valence-corrected chi connectivity index (χ1v) is 9.57. The van der Waals surface area contributed by atoms with Crippen LogP contribution in [0.3, 0.4) is 0 Å². The topological polar surface area (TPSA) is 79.2 Å². The SMILES string of the molecule is CC(C(=O)NCc1ccccc1)N1CCN(c2ncnc3c2cnn3C)CC1. The Morgan fingerprint density at radius 2 is 1.89 bits per heavy atom. The largest absolute Gasteiger partial charge is 0.353 e. The third-order valence-electron chi connectivity index (χ3n) is 5.36. The van der Waals surface area contributed by atoms with Crippen molar-refractivity contribution >= 4 is 22.8 Å². The van der Waals surface area contributed by atoms with Gasteiger partial charge < -0.3 is 10.2 Å². The summed E-state index contributed by atoms with van der Waals surface area (Å²) >= 11 is 0. The molecule has 0 aliphatic carbocycles. The van der Waals surface area contributed by atoms with Crippen molar-refractivity contribution in [1.29, 1.82) is 0 Å². The molecular formula is C20H25N7O. The van der Waals surface area contributed by atoms with Crippen molar-refractivity contribution in [2.75, 3.05) is 31.1 Å². The number of piperazine rings is 1. The number of amides is 1. The number of aromatic nitrogens is 4. The lowest BCUT2D eigenvalue weighted by molar-refractivity contribution is -0.126. The van der Waals surface area contributed by atoms with Crippen LogP contribution >= 0.6 is 0 Å². The number of anilines is 1. The van der Waals surface area contributed by atoms with Crippen LogP contribution in [-0.4, -0.2) is 62.8 Å². The second-order valence-electron chi connectivity index (χ2n) is 7.11. The van der Waals surface area contributed by atoms with E-state index < -0.39 is 0 Å². The molecule has 146 valence electrons. The maximum Gasteiger partial charge on any atom is 0.237 e. The van der Waals surface area contributed by atoms with E-state index in [9.17, 15) is 4.79 Å². The molecule has 8 heteroatoms. The summed E-state index contributed by atoms with van der Waals surface area (Å²) in [5, 5.41) is 8.29. The molecule has 1 fully saturated rings. The summed E-state index contributed by atoms with van der Waals surface area (Å²) in [5.41, 5.74) is 1.94. The zero-order valence-corrected chi connectivity index (χ0v) is 16.2. The van der Waals surface area contributed by atoms with Gasteiger partial charge in [0.15, 0.2) is 5.65 Å². The van der Waals surface area contributed by atoms with Gasteiger partial charge >= 0.3 is 0 Å². The second kappa shape index (κ2) is 7.93. The van der Waals surface area contributed by atoms with E-state index in [0.29, 0.717) is 6.54 Å². The average molecular weight is 379 g/mol. The fraction of sp³-hybridized carbons (Fsp3) is 0.400. The van der Waals surface area contributed by atoms with Crippen molar-refractivity contribution in [2.24, 2.45) is 7.05 Å². The standard InChI is InChI=1S/C20H25N7O/c1-15(20(28)21-12-16-6-4-3-5-7-16)26-8-10-27(11-9-26)19-17-13-24-25(2)18(17)22-14-23-19/h3-7,13-15H,8-12H2,1-2H3,(H,21,28). The zero-order chi connectivity index (χ0) is 19.5. The fourth-order valence-corrected chi connectivity index (χ4v) is 3.62. The van der Waals surface area contributed by atoms with Crippen LogP contribution in [0, 0.1) is 0 Å². The van der Waals surface area contributed by atoms with Crippen LogP contribution in [0.25, 0.3) is 11.0 Å². The summed E-state index contributed by atoms with van der Waals surface area (Å²) in [4.78, 5) is 25.8. The Balaban J connectivity index is 1.35. The molecule has 2 aromatic heterocycles. The molecule has 0 bridgehead atoms. The minimum absolute atomic E-state index is 0.0639. The molecule has 1 aliphatic heterocycles. The van der Waals surface area contributed by atoms with Crippen molar-refractivity contribution in [2.45, 2.75) is 19.5 Å². The predicted octanol–water partition coefficient (Wildman–Crippen LogP) is 1.19. The number of carbonyl (C=O) groups is 1. The first-order valence-electron chi connectivity index (χ1n) is 9.57. The van der Waals surface area contributed by atoms with E-state index in [-0.39, 0.29) is 11.9 Å². The lowest BCUT2D eigenvalue weighted by Gasteiger charge is -2.38. The number of rotatable bonds is 5. The molecule has 0 saturated carbocycles. The van der Waals surface area contributed by atoms with Crippen LogP contribution in [-0.2, 0) is 18.4 Å². The molecule has 1 atom stereocenters. The Morgan fingerprint density at radius 3 is 2.64 bits per heavy atom. The molecule has 1 saturated heterocycles. The van der Waals surface area contributed by atoms with Gasteiger partial charge in [0.1, 0.15) is 12.1 Å². The quantitative estimate of drug-likeness (QED) is 0.717. The number of carbonyl (C=O) groups excluding carboxylic acids is 1. The normalized spacial score (nSPS) is 16.3. The maximum absolute atomic E-state index is 12.5. The molecule has 28 heavy (non-hydrogen) atoms. The summed E-state index contributed by atoms with van der Waals surface area (Å²) in [5.74, 6) is 0.980. The van der Waals surface area contributed by atoms with Crippen molar-refractivity contribution in [3.63, 3.8) is 0 Å². The Morgan fingerprint density at radius 1 is 1.14 bits per heavy atom. The van der Waals surface area contributed by atoms with Crippen molar-refractivity contribution in [3.05, 3.63) is 48.4 Å². The first kappa shape index (κ1) is 18.4. The third kappa shape index (κ3) is 3.68. The summed E-state index contributed by atoms with van der Waals surface area (Å²) < 4.78 is 1.76. The lowest BCUT2D eigenvalue weighted by Crippen LogP contribution is -2.54. The van der Waals surface area contributed by atoms with Gasteiger partial charge in [-0.2, -0.15) is 5.10 Å². The first-order chi connectivity index (χ1) is 13.6. The molecule has 8 nitrogen and oxygen atoms in total. The highest BCUT2D eigenvalue weighted by Crippen LogP contribution is 2.23. The van der Waals surface area contributed by atoms with Crippen LogP contribution in [0.2, 0.25) is 0 Å². The van der Waals surface area contributed by atoms with Gasteiger partial charge in [0.25, 0.3) is 0 Å². The maximum atomic E-state index is 12.5. The highest BCUT2D eigenvalue weighted by Gasteiger charge is 2.27. The van der Waals surface area contributed by atoms with Gasteiger partial charge in [-0.25, -0.2) is 9.97 Å². The van der Waals surface area contributed by atoms with Gasteiger partial charge in [0, 0.05) is 39.8 Å².